The zero-order chi connectivity index (χ0) is 33.5. The Kier molecular flexibility index (Phi) is 18.4. The Morgan fingerprint density at radius 2 is 0.917 bits per heavy atom. The third-order valence-corrected chi connectivity index (χ3v) is 11.7. The van der Waals surface area contributed by atoms with Gasteiger partial charge in [0.05, 0.1) is 22.9 Å². The zero-order valence-corrected chi connectivity index (χ0v) is 30.5. The van der Waals surface area contributed by atoms with E-state index in [1.165, 1.54) is 94.2 Å². The maximum absolute atomic E-state index is 9.74. The lowest BCUT2D eigenvalue weighted by Gasteiger charge is -2.08. The third-order valence-electron chi connectivity index (χ3n) is 7.90. The molecule has 0 bridgehead atoms. The van der Waals surface area contributed by atoms with Gasteiger partial charge in [0, 0.05) is 14.7 Å². The molecule has 3 nitrogen and oxygen atoms in total. The number of aryl methyl sites for hydroxylation is 1. The Bertz CT molecular complexity index is 1460. The highest BCUT2D eigenvalue weighted by atomic mass is 32.2. The molecule has 5 aromatic carbocycles. The standard InChI is InChI=1S/C24H19S2.C18H30O3S/c1-4-10-20(11-5-1)25-21-16-18-24(19-17-21)26(22-12-6-2-7-13-22)23-14-8-3-9-15-23;1-2-3-4-5-6-7-8-9-10-11-12-17-13-15-18(16-14-17)22-21-20-19/h1-19H;13-16,19H,2-12H2,1H3/q+1;/p-1. The maximum atomic E-state index is 9.74. The van der Waals surface area contributed by atoms with E-state index in [2.05, 4.69) is 144 Å². The predicted molar refractivity (Wildman–Crippen MR) is 202 cm³/mol. The fourth-order valence-corrected chi connectivity index (χ4v) is 8.65. The van der Waals surface area contributed by atoms with Crippen LogP contribution in [-0.4, -0.2) is 0 Å². The van der Waals surface area contributed by atoms with Crippen LogP contribution in [0.3, 0.4) is 0 Å². The highest BCUT2D eigenvalue weighted by Crippen LogP contribution is 2.34. The van der Waals surface area contributed by atoms with Gasteiger partial charge in [-0.2, -0.15) is 4.33 Å². The molecule has 0 unspecified atom stereocenters. The topological polar surface area (TPSA) is 41.5 Å². The first-order chi connectivity index (χ1) is 23.8. The molecule has 0 saturated heterocycles. The summed E-state index contributed by atoms with van der Waals surface area (Å²) in [4.78, 5) is 7.46. The second-order valence-corrected chi connectivity index (χ2v) is 15.6. The molecule has 5 rings (SSSR count). The number of benzene rings is 5. The minimum atomic E-state index is -0.0786. The molecule has 0 aliphatic heterocycles. The Hall–Kier alpha value is -2.97. The van der Waals surface area contributed by atoms with Crippen molar-refractivity contribution in [2.24, 2.45) is 0 Å². The lowest BCUT2D eigenvalue weighted by atomic mass is 10.0. The minimum Gasteiger partial charge on any atom is -0.691 e. The monoisotopic (exact) mass is 696 g/mol. The van der Waals surface area contributed by atoms with Crippen LogP contribution in [0.15, 0.2) is 169 Å². The second-order valence-electron chi connectivity index (χ2n) is 11.6. The molecule has 0 atom stereocenters. The smallest absolute Gasteiger partial charge is 0.166 e. The molecule has 0 radical (unpaired) electrons. The molecule has 0 amide bonds. The van der Waals surface area contributed by atoms with Crippen molar-refractivity contribution in [3.8, 4) is 0 Å². The van der Waals surface area contributed by atoms with Crippen LogP contribution in [0.5, 0.6) is 0 Å². The van der Waals surface area contributed by atoms with E-state index in [1.54, 1.807) is 11.8 Å². The molecule has 0 aliphatic rings. The first kappa shape index (κ1) is 37.8. The second kappa shape index (κ2) is 23.4. The van der Waals surface area contributed by atoms with Crippen LogP contribution in [-0.2, 0) is 26.7 Å². The van der Waals surface area contributed by atoms with Crippen LogP contribution < -0.4 is 5.26 Å². The van der Waals surface area contributed by atoms with Gasteiger partial charge in [-0.1, -0.05) is 143 Å². The first-order valence-corrected chi connectivity index (χ1v) is 19.9. The van der Waals surface area contributed by atoms with Gasteiger partial charge in [-0.15, -0.1) is 0 Å². The largest absolute Gasteiger partial charge is 0.691 e. The number of rotatable bonds is 19. The summed E-state index contributed by atoms with van der Waals surface area (Å²) in [5, 5.41) is 13.1. The fraction of sp³-hybridized carbons (Fsp3) is 0.286. The van der Waals surface area contributed by atoms with E-state index in [-0.39, 0.29) is 10.9 Å². The predicted octanol–water partition coefficient (Wildman–Crippen LogP) is 12.3. The molecule has 0 fully saturated rings. The van der Waals surface area contributed by atoms with E-state index in [0.717, 1.165) is 23.4 Å². The van der Waals surface area contributed by atoms with Gasteiger partial charge in [-0.25, -0.2) is 0 Å². The molecule has 6 heteroatoms. The van der Waals surface area contributed by atoms with Crippen molar-refractivity contribution >= 4 is 34.7 Å². The molecule has 0 saturated carbocycles. The van der Waals surface area contributed by atoms with Crippen molar-refractivity contribution in [1.82, 2.24) is 0 Å². The summed E-state index contributed by atoms with van der Waals surface area (Å²) in [7, 11) is -0.0786. The van der Waals surface area contributed by atoms with Crippen molar-refractivity contribution in [3.63, 3.8) is 0 Å². The van der Waals surface area contributed by atoms with E-state index >= 15 is 0 Å². The number of hydrogen-bond donors (Lipinski definition) is 0. The summed E-state index contributed by atoms with van der Waals surface area (Å²) in [6.45, 7) is 2.27. The zero-order valence-electron chi connectivity index (χ0n) is 28.0. The van der Waals surface area contributed by atoms with E-state index < -0.39 is 0 Å². The number of hydrogen-bond acceptors (Lipinski definition) is 5. The van der Waals surface area contributed by atoms with Gasteiger partial charge in [-0.05, 0) is 91.2 Å². The molecule has 0 heterocycles. The molecular formula is C42H48O3S3. The molecule has 252 valence electrons. The molecule has 48 heavy (non-hydrogen) atoms. The van der Waals surface area contributed by atoms with Gasteiger partial charge in [0.1, 0.15) is 0 Å². The van der Waals surface area contributed by atoms with Crippen LogP contribution in [0.4, 0.5) is 0 Å². The SMILES string of the molecule is CCCCCCCCCCCCc1ccc(SOO[O-])cc1.c1ccc(Sc2ccc([S+](c3ccccc3)c3ccccc3)cc2)cc1. The summed E-state index contributed by atoms with van der Waals surface area (Å²) < 4.78 is 4.29. The van der Waals surface area contributed by atoms with Crippen LogP contribution in [0.25, 0.3) is 0 Å². The molecule has 0 aliphatic carbocycles. The van der Waals surface area contributed by atoms with E-state index in [4.69, 9.17) is 0 Å². The van der Waals surface area contributed by atoms with Gasteiger partial charge in [0.25, 0.3) is 0 Å². The Labute approximate surface area is 299 Å². The average molecular weight is 697 g/mol. The van der Waals surface area contributed by atoms with E-state index in [0.29, 0.717) is 0 Å². The fourth-order valence-electron chi connectivity index (χ4n) is 5.37. The van der Waals surface area contributed by atoms with Gasteiger partial charge in [0.2, 0.25) is 0 Å². The average Bonchev–Trinajstić information content (AvgIpc) is 3.14. The lowest BCUT2D eigenvalue weighted by molar-refractivity contribution is -0.777. The van der Waals surface area contributed by atoms with Crippen molar-refractivity contribution in [2.45, 2.75) is 107 Å². The van der Waals surface area contributed by atoms with E-state index in [1.807, 2.05) is 12.1 Å². The normalized spacial score (nSPS) is 10.9. The first-order valence-electron chi connectivity index (χ1n) is 17.2. The van der Waals surface area contributed by atoms with Crippen LogP contribution in [0.1, 0.15) is 76.7 Å². The van der Waals surface area contributed by atoms with Gasteiger partial charge in [-0.3, -0.25) is 5.04 Å². The summed E-state index contributed by atoms with van der Waals surface area (Å²) >= 11 is 2.74. The number of unbranched alkanes of at least 4 members (excludes halogenated alkanes) is 9. The molecule has 5 aromatic rings. The van der Waals surface area contributed by atoms with Gasteiger partial charge < -0.3 is 5.26 Å². The highest BCUT2D eigenvalue weighted by Gasteiger charge is 2.28. The maximum Gasteiger partial charge on any atom is 0.166 e. The Balaban J connectivity index is 0.000000221. The van der Waals surface area contributed by atoms with E-state index in [9.17, 15) is 5.26 Å². The third kappa shape index (κ3) is 14.3. The van der Waals surface area contributed by atoms with Crippen molar-refractivity contribution < 1.29 is 14.6 Å². The van der Waals surface area contributed by atoms with Crippen molar-refractivity contribution in [2.75, 3.05) is 0 Å². The van der Waals surface area contributed by atoms with Gasteiger partial charge >= 0.3 is 0 Å². The minimum absolute atomic E-state index is 0.0786. The summed E-state index contributed by atoms with van der Waals surface area (Å²) in [5.74, 6) is 0. The Morgan fingerprint density at radius 3 is 1.44 bits per heavy atom. The van der Waals surface area contributed by atoms with Crippen LogP contribution in [0, 0.1) is 0 Å². The molecule has 0 N–H and O–H groups in total. The summed E-state index contributed by atoms with van der Waals surface area (Å²) in [5.41, 5.74) is 1.34. The Morgan fingerprint density at radius 1 is 0.479 bits per heavy atom. The van der Waals surface area contributed by atoms with Crippen LogP contribution >= 0.6 is 23.8 Å². The lowest BCUT2D eigenvalue weighted by Crippen LogP contribution is -2.04. The molecular weight excluding hydrogens is 649 g/mol. The molecule has 0 spiro atoms. The quantitative estimate of drug-likeness (QED) is 0.0283. The summed E-state index contributed by atoms with van der Waals surface area (Å²) in [6.07, 6.45) is 14.8. The molecule has 0 aromatic heterocycles. The van der Waals surface area contributed by atoms with Crippen molar-refractivity contribution in [1.29, 1.82) is 0 Å². The van der Waals surface area contributed by atoms with Crippen LogP contribution in [0.2, 0.25) is 0 Å². The van der Waals surface area contributed by atoms with Crippen molar-refractivity contribution in [3.05, 3.63) is 145 Å². The highest BCUT2D eigenvalue weighted by molar-refractivity contribution is 7.99. The summed E-state index contributed by atoms with van der Waals surface area (Å²) in [6, 6.07) is 49.2. The van der Waals surface area contributed by atoms with Gasteiger partial charge in [0.15, 0.2) is 14.7 Å².